The van der Waals surface area contributed by atoms with Gasteiger partial charge >= 0.3 is 0 Å². The molecule has 0 bridgehead atoms. The highest BCUT2D eigenvalue weighted by Gasteiger charge is 2.09. The van der Waals surface area contributed by atoms with Crippen molar-refractivity contribution in [1.82, 2.24) is 14.8 Å². The number of aldehydes is 1. The van der Waals surface area contributed by atoms with E-state index in [0.29, 0.717) is 17.5 Å². The highest BCUT2D eigenvalue weighted by atomic mass is 19.1. The van der Waals surface area contributed by atoms with E-state index in [2.05, 4.69) is 10.1 Å². The molecule has 0 amide bonds. The molecule has 0 fully saturated rings. The maximum atomic E-state index is 13.3. The molecule has 4 nitrogen and oxygen atoms in total. The molecule has 0 aromatic carbocycles. The maximum Gasteiger partial charge on any atom is 0.189 e. The van der Waals surface area contributed by atoms with E-state index >= 15 is 0 Å². The van der Waals surface area contributed by atoms with Crippen LogP contribution in [-0.2, 0) is 0 Å². The first-order chi connectivity index (χ1) is 7.22. The first-order valence-electron chi connectivity index (χ1n) is 4.34. The number of carbonyl (C=O) groups is 1. The Kier molecular flexibility index (Phi) is 2.29. The number of aryl methyl sites for hydroxylation is 1. The summed E-state index contributed by atoms with van der Waals surface area (Å²) in [6.45, 7) is 1.68. The zero-order chi connectivity index (χ0) is 10.8. The van der Waals surface area contributed by atoms with Crippen molar-refractivity contribution in [3.05, 3.63) is 41.6 Å². The van der Waals surface area contributed by atoms with Crippen molar-refractivity contribution in [2.75, 3.05) is 0 Å². The van der Waals surface area contributed by atoms with Crippen molar-refractivity contribution in [3.63, 3.8) is 0 Å². The predicted molar refractivity (Wildman–Crippen MR) is 51.4 cm³/mol. The molecular formula is C10H8FN3O. The zero-order valence-corrected chi connectivity index (χ0v) is 8.01. The van der Waals surface area contributed by atoms with Crippen molar-refractivity contribution >= 4 is 6.29 Å². The van der Waals surface area contributed by atoms with E-state index in [-0.39, 0.29) is 5.82 Å². The van der Waals surface area contributed by atoms with Crippen LogP contribution >= 0.6 is 0 Å². The molecule has 2 aromatic rings. The van der Waals surface area contributed by atoms with E-state index in [1.165, 1.54) is 29.2 Å². The predicted octanol–water partition coefficient (Wildman–Crippen LogP) is 1.53. The van der Waals surface area contributed by atoms with Gasteiger partial charge in [-0.2, -0.15) is 5.10 Å². The molecule has 0 atom stereocenters. The largest absolute Gasteiger partial charge is 0.298 e. The van der Waals surface area contributed by atoms with Gasteiger partial charge in [-0.25, -0.2) is 14.1 Å². The van der Waals surface area contributed by atoms with Crippen LogP contribution in [-0.4, -0.2) is 21.1 Å². The summed E-state index contributed by atoms with van der Waals surface area (Å²) in [5.41, 5.74) is 0.982. The summed E-state index contributed by atoms with van der Waals surface area (Å²) < 4.78 is 14.6. The molecule has 0 saturated heterocycles. The Hall–Kier alpha value is -2.04. The second kappa shape index (κ2) is 3.61. The van der Waals surface area contributed by atoms with Gasteiger partial charge in [0.1, 0.15) is 0 Å². The standard InChI is InChI=1S/C10H8FN3O/c1-7-8(6-15)5-14(13-7)10-9(11)3-2-4-12-10/h2-6H,1H3. The zero-order valence-electron chi connectivity index (χ0n) is 8.01. The van der Waals surface area contributed by atoms with Gasteiger partial charge in [-0.1, -0.05) is 0 Å². The van der Waals surface area contributed by atoms with Gasteiger partial charge in [0.15, 0.2) is 17.9 Å². The van der Waals surface area contributed by atoms with E-state index in [0.717, 1.165) is 0 Å². The molecule has 0 radical (unpaired) electrons. The summed E-state index contributed by atoms with van der Waals surface area (Å²) >= 11 is 0. The van der Waals surface area contributed by atoms with Gasteiger partial charge in [0.2, 0.25) is 0 Å². The third-order valence-corrected chi connectivity index (χ3v) is 2.02. The van der Waals surface area contributed by atoms with Gasteiger partial charge in [0.05, 0.1) is 11.3 Å². The molecule has 0 aliphatic rings. The van der Waals surface area contributed by atoms with E-state index in [4.69, 9.17) is 0 Å². The molecule has 0 aliphatic heterocycles. The first-order valence-corrected chi connectivity index (χ1v) is 4.34. The second-order valence-corrected chi connectivity index (χ2v) is 3.04. The molecule has 2 rings (SSSR count). The Bertz CT molecular complexity index is 507. The first kappa shape index (κ1) is 9.51. The van der Waals surface area contributed by atoms with Gasteiger partial charge in [0.25, 0.3) is 0 Å². The SMILES string of the molecule is Cc1nn(-c2ncccc2F)cc1C=O. The van der Waals surface area contributed by atoms with Gasteiger partial charge < -0.3 is 0 Å². The summed E-state index contributed by atoms with van der Waals surface area (Å²) in [6.07, 6.45) is 3.60. The second-order valence-electron chi connectivity index (χ2n) is 3.04. The molecular weight excluding hydrogens is 197 g/mol. The quantitative estimate of drug-likeness (QED) is 0.698. The molecule has 0 spiro atoms. The lowest BCUT2D eigenvalue weighted by Crippen LogP contribution is -2.01. The number of aromatic nitrogens is 3. The van der Waals surface area contributed by atoms with Crippen molar-refractivity contribution in [2.24, 2.45) is 0 Å². The summed E-state index contributed by atoms with van der Waals surface area (Å²) in [6, 6.07) is 2.79. The number of halogens is 1. The van der Waals surface area contributed by atoms with E-state index in [9.17, 15) is 9.18 Å². The minimum absolute atomic E-state index is 0.0914. The number of hydrogen-bond donors (Lipinski definition) is 0. The number of nitrogens with zero attached hydrogens (tertiary/aromatic N) is 3. The molecule has 76 valence electrons. The fourth-order valence-electron chi connectivity index (χ4n) is 1.24. The van der Waals surface area contributed by atoms with Crippen LogP contribution < -0.4 is 0 Å². The third-order valence-electron chi connectivity index (χ3n) is 2.02. The van der Waals surface area contributed by atoms with Crippen LogP contribution in [0.5, 0.6) is 0 Å². The van der Waals surface area contributed by atoms with Gasteiger partial charge in [-0.15, -0.1) is 0 Å². The fourth-order valence-corrected chi connectivity index (χ4v) is 1.24. The van der Waals surface area contributed by atoms with E-state index in [1.54, 1.807) is 6.92 Å². The van der Waals surface area contributed by atoms with Crippen LogP contribution in [0.3, 0.4) is 0 Å². The Morgan fingerprint density at radius 1 is 1.53 bits per heavy atom. The summed E-state index contributed by atoms with van der Waals surface area (Å²) in [5, 5.41) is 4.00. The van der Waals surface area contributed by atoms with Crippen LogP contribution in [0, 0.1) is 12.7 Å². The van der Waals surface area contributed by atoms with Crippen molar-refractivity contribution in [2.45, 2.75) is 6.92 Å². The van der Waals surface area contributed by atoms with E-state index < -0.39 is 5.82 Å². The molecule has 0 saturated carbocycles. The molecule has 15 heavy (non-hydrogen) atoms. The monoisotopic (exact) mass is 205 g/mol. The summed E-state index contributed by atoms with van der Waals surface area (Å²) in [4.78, 5) is 14.4. The van der Waals surface area contributed by atoms with Crippen LogP contribution in [0.2, 0.25) is 0 Å². The molecule has 2 heterocycles. The maximum absolute atomic E-state index is 13.3. The smallest absolute Gasteiger partial charge is 0.189 e. The number of hydrogen-bond acceptors (Lipinski definition) is 3. The minimum Gasteiger partial charge on any atom is -0.298 e. The number of pyridine rings is 1. The minimum atomic E-state index is -0.475. The molecule has 0 unspecified atom stereocenters. The van der Waals surface area contributed by atoms with Crippen LogP contribution in [0.4, 0.5) is 4.39 Å². The van der Waals surface area contributed by atoms with Crippen molar-refractivity contribution in [3.8, 4) is 5.82 Å². The van der Waals surface area contributed by atoms with Crippen LogP contribution in [0.1, 0.15) is 16.1 Å². The Morgan fingerprint density at radius 3 is 2.93 bits per heavy atom. The van der Waals surface area contributed by atoms with Crippen molar-refractivity contribution < 1.29 is 9.18 Å². The highest BCUT2D eigenvalue weighted by molar-refractivity contribution is 5.75. The molecule has 0 N–H and O–H groups in total. The van der Waals surface area contributed by atoms with Gasteiger partial charge in [0, 0.05) is 12.4 Å². The average Bonchev–Trinajstić information content (AvgIpc) is 2.60. The average molecular weight is 205 g/mol. The number of carbonyl (C=O) groups excluding carboxylic acids is 1. The third kappa shape index (κ3) is 1.63. The molecule has 0 aliphatic carbocycles. The molecule has 2 aromatic heterocycles. The summed E-state index contributed by atoms with van der Waals surface area (Å²) in [5.74, 6) is -0.383. The van der Waals surface area contributed by atoms with Crippen LogP contribution in [0.25, 0.3) is 5.82 Å². The lowest BCUT2D eigenvalue weighted by Gasteiger charge is -1.99. The van der Waals surface area contributed by atoms with Crippen molar-refractivity contribution in [1.29, 1.82) is 0 Å². The molecule has 5 heteroatoms. The Labute approximate surface area is 85.4 Å². The van der Waals surface area contributed by atoms with E-state index in [1.807, 2.05) is 0 Å². The lowest BCUT2D eigenvalue weighted by atomic mass is 10.3. The fraction of sp³-hybridized carbons (Fsp3) is 0.100. The van der Waals surface area contributed by atoms with Gasteiger partial charge in [-0.05, 0) is 19.1 Å². The normalized spacial score (nSPS) is 10.3. The topological polar surface area (TPSA) is 47.8 Å². The van der Waals surface area contributed by atoms with Gasteiger partial charge in [-0.3, -0.25) is 4.79 Å². The van der Waals surface area contributed by atoms with Crippen LogP contribution in [0.15, 0.2) is 24.5 Å². The summed E-state index contributed by atoms with van der Waals surface area (Å²) in [7, 11) is 0. The Balaban J connectivity index is 2.55. The number of rotatable bonds is 2. The Morgan fingerprint density at radius 2 is 2.33 bits per heavy atom. The lowest BCUT2D eigenvalue weighted by molar-refractivity contribution is 0.112. The highest BCUT2D eigenvalue weighted by Crippen LogP contribution is 2.11.